The van der Waals surface area contributed by atoms with Crippen LogP contribution < -0.4 is 5.32 Å². The number of nitrogens with zero attached hydrogens (tertiary/aromatic N) is 1. The van der Waals surface area contributed by atoms with Crippen LogP contribution in [0.25, 0.3) is 11.5 Å². The van der Waals surface area contributed by atoms with E-state index in [1.807, 2.05) is 13.8 Å². The number of carbonyl (C=O) groups is 2. The number of Topliss-reactive ketones (excluding diaryl/α,β-unsaturated/α-hetero) is 1. The molecule has 3 heterocycles. The van der Waals surface area contributed by atoms with Crippen molar-refractivity contribution in [3.05, 3.63) is 47.3 Å². The number of H-pyrrole nitrogens is 1. The summed E-state index contributed by atoms with van der Waals surface area (Å²) in [6.07, 6.45) is 3.81. The van der Waals surface area contributed by atoms with Crippen LogP contribution in [0.5, 0.6) is 0 Å². The van der Waals surface area contributed by atoms with E-state index in [-0.39, 0.29) is 17.6 Å². The Balaban J connectivity index is 1.84. The number of furan rings is 1. The van der Waals surface area contributed by atoms with Crippen molar-refractivity contribution in [1.82, 2.24) is 9.97 Å². The number of aromatic nitrogens is 2. The van der Waals surface area contributed by atoms with E-state index in [0.717, 1.165) is 11.3 Å². The van der Waals surface area contributed by atoms with Gasteiger partial charge in [-0.15, -0.1) is 0 Å². The zero-order chi connectivity index (χ0) is 19.2. The van der Waals surface area contributed by atoms with Crippen LogP contribution in [0.15, 0.2) is 41.1 Å². The fraction of sp³-hybridized carbons (Fsp3) is 0.316. The van der Waals surface area contributed by atoms with Gasteiger partial charge in [-0.05, 0) is 37.6 Å². The minimum atomic E-state index is -0.317. The number of hydrogen-bond donors (Lipinski definition) is 2. The molecule has 0 aliphatic rings. The summed E-state index contributed by atoms with van der Waals surface area (Å²) in [7, 11) is 0. The minimum Gasteiger partial charge on any atom is -0.463 e. The van der Waals surface area contributed by atoms with Crippen LogP contribution in [0, 0.1) is 5.92 Å². The molecule has 0 aliphatic carbocycles. The van der Waals surface area contributed by atoms with Crippen LogP contribution in [0.4, 0.5) is 5.13 Å². The van der Waals surface area contributed by atoms with Crippen molar-refractivity contribution in [2.45, 2.75) is 20.3 Å². The van der Waals surface area contributed by atoms with Gasteiger partial charge < -0.3 is 14.1 Å². The number of amides is 1. The molecule has 1 atom stereocenters. The lowest BCUT2D eigenvalue weighted by molar-refractivity contribution is 0.0871. The number of aromatic amines is 1. The number of thiazole rings is 1. The fourth-order valence-electron chi connectivity index (χ4n) is 2.52. The average molecular weight is 387 g/mol. The van der Waals surface area contributed by atoms with Gasteiger partial charge in [0.25, 0.3) is 5.91 Å². The highest BCUT2D eigenvalue weighted by Gasteiger charge is 2.25. The van der Waals surface area contributed by atoms with E-state index in [1.165, 1.54) is 6.26 Å². The summed E-state index contributed by atoms with van der Waals surface area (Å²) in [6, 6.07) is 6.88. The van der Waals surface area contributed by atoms with Gasteiger partial charge in [-0.25, -0.2) is 4.98 Å². The van der Waals surface area contributed by atoms with Gasteiger partial charge in [-0.2, -0.15) is 0 Å². The predicted octanol–water partition coefficient (Wildman–Crippen LogP) is 4.23. The smallest absolute Gasteiger partial charge is 0.273 e. The first kappa shape index (κ1) is 19.1. The van der Waals surface area contributed by atoms with Gasteiger partial charge in [0, 0.05) is 25.3 Å². The van der Waals surface area contributed by atoms with Gasteiger partial charge in [0.05, 0.1) is 6.26 Å². The number of rotatable bonds is 9. The zero-order valence-electron chi connectivity index (χ0n) is 15.2. The molecule has 0 radical (unpaired) electrons. The van der Waals surface area contributed by atoms with Crippen LogP contribution >= 0.6 is 11.3 Å². The van der Waals surface area contributed by atoms with Crippen molar-refractivity contribution in [2.24, 2.45) is 5.92 Å². The van der Waals surface area contributed by atoms with E-state index in [1.54, 1.807) is 30.5 Å². The molecular weight excluding hydrogens is 366 g/mol. The molecule has 3 aromatic heterocycles. The highest BCUT2D eigenvalue weighted by molar-refractivity contribution is 7.18. The third-order valence-corrected chi connectivity index (χ3v) is 5.00. The lowest BCUT2D eigenvalue weighted by Gasteiger charge is -2.09. The van der Waals surface area contributed by atoms with E-state index in [2.05, 4.69) is 15.3 Å². The number of anilines is 1. The van der Waals surface area contributed by atoms with Crippen LogP contribution in [-0.2, 0) is 4.74 Å². The van der Waals surface area contributed by atoms with E-state index in [9.17, 15) is 9.59 Å². The molecule has 142 valence electrons. The molecule has 0 spiro atoms. The summed E-state index contributed by atoms with van der Waals surface area (Å²) in [4.78, 5) is 32.9. The summed E-state index contributed by atoms with van der Waals surface area (Å²) >= 11 is 1.15. The largest absolute Gasteiger partial charge is 0.463 e. The molecule has 0 fully saturated rings. The summed E-state index contributed by atoms with van der Waals surface area (Å²) in [6.45, 7) is 4.93. The van der Waals surface area contributed by atoms with Crippen molar-refractivity contribution >= 4 is 28.2 Å². The van der Waals surface area contributed by atoms with Gasteiger partial charge >= 0.3 is 0 Å². The molecule has 0 saturated carbocycles. The molecular formula is C19H21N3O4S. The predicted molar refractivity (Wildman–Crippen MR) is 103 cm³/mol. The highest BCUT2D eigenvalue weighted by Crippen LogP contribution is 2.34. The molecule has 2 N–H and O–H groups in total. The van der Waals surface area contributed by atoms with Gasteiger partial charge in [-0.1, -0.05) is 18.3 Å². The normalized spacial score (nSPS) is 12.1. The van der Waals surface area contributed by atoms with E-state index in [0.29, 0.717) is 46.8 Å². The topological polar surface area (TPSA) is 97.2 Å². The molecule has 0 aromatic carbocycles. The van der Waals surface area contributed by atoms with Gasteiger partial charge in [0.2, 0.25) is 0 Å². The Morgan fingerprint density at radius 1 is 1.37 bits per heavy atom. The average Bonchev–Trinajstić information content (AvgIpc) is 3.41. The maximum Gasteiger partial charge on any atom is 0.273 e. The van der Waals surface area contributed by atoms with Gasteiger partial charge in [-0.3, -0.25) is 14.9 Å². The third kappa shape index (κ3) is 4.53. The first-order valence-electron chi connectivity index (χ1n) is 8.71. The second-order valence-electron chi connectivity index (χ2n) is 5.96. The lowest BCUT2D eigenvalue weighted by Crippen LogP contribution is -2.13. The number of ketones is 1. The number of ether oxygens (including phenoxy) is 1. The zero-order valence-corrected chi connectivity index (χ0v) is 16.0. The SMILES string of the molecule is CCOCCC(C)C(=O)c1sc(NC(=O)c2ccc[nH]2)nc1-c1ccco1. The standard InChI is InChI=1S/C19H21N3O4S/c1-3-25-11-8-12(2)16(23)17-15(14-7-5-10-26-14)21-19(27-17)22-18(24)13-6-4-9-20-13/h4-7,9-10,12,20H,3,8,11H2,1-2H3,(H,21,22,24). The summed E-state index contributed by atoms with van der Waals surface area (Å²) < 4.78 is 10.8. The van der Waals surface area contributed by atoms with E-state index < -0.39 is 0 Å². The maximum atomic E-state index is 12.9. The Morgan fingerprint density at radius 2 is 2.22 bits per heavy atom. The Bertz CT molecular complexity index is 884. The quantitative estimate of drug-likeness (QED) is 0.423. The molecule has 8 heteroatoms. The summed E-state index contributed by atoms with van der Waals surface area (Å²) in [5.41, 5.74) is 0.864. The van der Waals surface area contributed by atoms with Crippen LogP contribution in [0.1, 0.15) is 40.4 Å². The number of hydrogen-bond acceptors (Lipinski definition) is 6. The number of carbonyl (C=O) groups excluding carboxylic acids is 2. The van der Waals surface area contributed by atoms with Crippen molar-refractivity contribution in [3.63, 3.8) is 0 Å². The maximum absolute atomic E-state index is 12.9. The third-order valence-electron chi connectivity index (χ3n) is 4.02. The van der Waals surface area contributed by atoms with E-state index >= 15 is 0 Å². The summed E-state index contributed by atoms with van der Waals surface area (Å²) in [5.74, 6) is -0.0910. The van der Waals surface area contributed by atoms with Gasteiger partial charge in [0.15, 0.2) is 16.7 Å². The molecule has 27 heavy (non-hydrogen) atoms. The molecule has 7 nitrogen and oxygen atoms in total. The van der Waals surface area contributed by atoms with Crippen LogP contribution in [-0.4, -0.2) is 34.9 Å². The Hall–Kier alpha value is -2.71. The Kier molecular flexibility index (Phi) is 6.20. The molecule has 1 amide bonds. The van der Waals surface area contributed by atoms with Crippen molar-refractivity contribution < 1.29 is 18.7 Å². The Morgan fingerprint density at radius 3 is 2.89 bits per heavy atom. The first-order valence-corrected chi connectivity index (χ1v) is 9.53. The molecule has 3 rings (SSSR count). The van der Waals surface area contributed by atoms with Crippen LogP contribution in [0.2, 0.25) is 0 Å². The van der Waals surface area contributed by atoms with Crippen LogP contribution in [0.3, 0.4) is 0 Å². The highest BCUT2D eigenvalue weighted by atomic mass is 32.1. The van der Waals surface area contributed by atoms with E-state index in [4.69, 9.17) is 9.15 Å². The minimum absolute atomic E-state index is 0.0426. The summed E-state index contributed by atoms with van der Waals surface area (Å²) in [5, 5.41) is 3.08. The molecule has 3 aromatic rings. The molecule has 0 bridgehead atoms. The molecule has 0 saturated heterocycles. The van der Waals surface area contributed by atoms with Crippen molar-refractivity contribution in [3.8, 4) is 11.5 Å². The number of nitrogens with one attached hydrogen (secondary N) is 2. The second-order valence-corrected chi connectivity index (χ2v) is 6.96. The monoisotopic (exact) mass is 387 g/mol. The fourth-order valence-corrected chi connectivity index (χ4v) is 3.53. The van der Waals surface area contributed by atoms with Crippen molar-refractivity contribution in [2.75, 3.05) is 18.5 Å². The Labute approximate surface area is 160 Å². The molecule has 0 aliphatic heterocycles. The van der Waals surface area contributed by atoms with Crippen molar-refractivity contribution in [1.29, 1.82) is 0 Å². The molecule has 1 unspecified atom stereocenters. The second kappa shape index (κ2) is 8.79. The first-order chi connectivity index (χ1) is 13.1. The van der Waals surface area contributed by atoms with Gasteiger partial charge in [0.1, 0.15) is 16.3 Å². The lowest BCUT2D eigenvalue weighted by atomic mass is 10.0.